The van der Waals surface area contributed by atoms with Gasteiger partial charge in [0.1, 0.15) is 0 Å². The van der Waals surface area contributed by atoms with Crippen LogP contribution in [0.5, 0.6) is 0 Å². The number of hydrogen-bond acceptors (Lipinski definition) is 5. The number of anilines is 1. The molecule has 2 aromatic rings. The molecule has 142 valence electrons. The van der Waals surface area contributed by atoms with Crippen molar-refractivity contribution in [1.82, 2.24) is 9.71 Å². The molecule has 1 N–H and O–H groups in total. The van der Waals surface area contributed by atoms with Gasteiger partial charge in [0.25, 0.3) is 0 Å². The maximum atomic E-state index is 12.7. The van der Waals surface area contributed by atoms with E-state index in [2.05, 4.69) is 16.6 Å². The molecular weight excluding hydrogens is 382 g/mol. The van der Waals surface area contributed by atoms with Gasteiger partial charge < -0.3 is 4.90 Å². The first kappa shape index (κ1) is 18.5. The molecule has 8 heteroatoms. The predicted molar refractivity (Wildman–Crippen MR) is 105 cm³/mol. The van der Waals surface area contributed by atoms with E-state index in [1.54, 1.807) is 53.2 Å². The van der Waals surface area contributed by atoms with Crippen LogP contribution in [0.1, 0.15) is 25.5 Å². The van der Waals surface area contributed by atoms with Gasteiger partial charge in [0, 0.05) is 28.8 Å². The molecule has 6 nitrogen and oxygen atoms in total. The van der Waals surface area contributed by atoms with Crippen LogP contribution in [-0.2, 0) is 21.4 Å². The summed E-state index contributed by atoms with van der Waals surface area (Å²) < 4.78 is 28.0. The molecule has 1 aliphatic heterocycles. The monoisotopic (exact) mass is 403 g/mol. The van der Waals surface area contributed by atoms with Gasteiger partial charge in [-0.05, 0) is 43.2 Å². The van der Waals surface area contributed by atoms with Gasteiger partial charge in [-0.1, -0.05) is 13.0 Å². The Bertz CT molecular complexity index is 959. The van der Waals surface area contributed by atoms with E-state index in [4.69, 9.17) is 0 Å². The Morgan fingerprint density at radius 1 is 1.30 bits per heavy atom. The third kappa shape index (κ3) is 4.02. The number of nitrogens with one attached hydrogen (secondary N) is 1. The minimum Gasteiger partial charge on any atom is -0.310 e. The van der Waals surface area contributed by atoms with Crippen LogP contribution >= 0.6 is 11.8 Å². The lowest BCUT2D eigenvalue weighted by atomic mass is 10.2. The molecule has 27 heavy (non-hydrogen) atoms. The van der Waals surface area contributed by atoms with Crippen LogP contribution < -0.4 is 9.62 Å². The zero-order valence-corrected chi connectivity index (χ0v) is 16.6. The van der Waals surface area contributed by atoms with Crippen LogP contribution in [0.3, 0.4) is 0 Å². The van der Waals surface area contributed by atoms with Crippen molar-refractivity contribution in [2.24, 2.45) is 5.92 Å². The fourth-order valence-corrected chi connectivity index (χ4v) is 5.21. The van der Waals surface area contributed by atoms with Gasteiger partial charge in [0.05, 0.1) is 22.8 Å². The summed E-state index contributed by atoms with van der Waals surface area (Å²) in [7, 11) is -3.70. The van der Waals surface area contributed by atoms with E-state index in [9.17, 15) is 13.2 Å². The van der Waals surface area contributed by atoms with E-state index in [1.165, 1.54) is 0 Å². The smallest absolute Gasteiger partial charge is 0.240 e. The predicted octanol–water partition coefficient (Wildman–Crippen LogP) is 2.80. The third-order valence-corrected chi connectivity index (χ3v) is 7.21. The Labute approximate surface area is 163 Å². The Kier molecular flexibility index (Phi) is 4.96. The lowest BCUT2D eigenvalue weighted by Gasteiger charge is -2.33. The summed E-state index contributed by atoms with van der Waals surface area (Å²) in [5.74, 6) is 0.204. The summed E-state index contributed by atoms with van der Waals surface area (Å²) in [4.78, 5) is 19.7. The van der Waals surface area contributed by atoms with Crippen molar-refractivity contribution in [2.45, 2.75) is 41.4 Å². The van der Waals surface area contributed by atoms with Gasteiger partial charge in [-0.2, -0.15) is 0 Å². The van der Waals surface area contributed by atoms with Crippen LogP contribution in [0.25, 0.3) is 0 Å². The summed E-state index contributed by atoms with van der Waals surface area (Å²) in [6.07, 6.45) is 3.48. The third-order valence-electron chi connectivity index (χ3n) is 4.66. The van der Waals surface area contributed by atoms with Crippen molar-refractivity contribution in [3.63, 3.8) is 0 Å². The van der Waals surface area contributed by atoms with Crippen molar-refractivity contribution >= 4 is 33.4 Å². The second kappa shape index (κ2) is 7.26. The molecule has 0 saturated heterocycles. The molecule has 4 rings (SSSR count). The SMILES string of the molecule is C[C@H]1CN(C(=O)C2CC2)c2cc(S(=O)(=O)NCc3ccccn3)ccc2S1. The molecule has 1 amide bonds. The summed E-state index contributed by atoms with van der Waals surface area (Å²) >= 11 is 1.68. The Balaban J connectivity index is 1.60. The maximum Gasteiger partial charge on any atom is 0.240 e. The highest BCUT2D eigenvalue weighted by atomic mass is 32.2. The zero-order chi connectivity index (χ0) is 19.0. The van der Waals surface area contributed by atoms with Crippen molar-refractivity contribution in [3.8, 4) is 0 Å². The normalized spacial score (nSPS) is 19.6. The van der Waals surface area contributed by atoms with E-state index in [0.29, 0.717) is 17.9 Å². The molecule has 0 bridgehead atoms. The molecule has 2 heterocycles. The van der Waals surface area contributed by atoms with Crippen LogP contribution in [0.4, 0.5) is 5.69 Å². The number of carbonyl (C=O) groups is 1. The molecule has 2 aliphatic rings. The molecule has 1 aromatic heterocycles. The minimum absolute atomic E-state index is 0.0932. The first-order valence-electron chi connectivity index (χ1n) is 8.96. The largest absolute Gasteiger partial charge is 0.310 e. The van der Waals surface area contributed by atoms with Gasteiger partial charge >= 0.3 is 0 Å². The van der Waals surface area contributed by atoms with E-state index in [1.807, 2.05) is 6.07 Å². The zero-order valence-electron chi connectivity index (χ0n) is 15.0. The molecule has 1 atom stereocenters. The quantitative estimate of drug-likeness (QED) is 0.830. The topological polar surface area (TPSA) is 79.4 Å². The summed E-state index contributed by atoms with van der Waals surface area (Å²) in [5.41, 5.74) is 1.35. The number of fused-ring (bicyclic) bond motifs is 1. The maximum absolute atomic E-state index is 12.7. The van der Waals surface area contributed by atoms with Gasteiger partial charge in [0.2, 0.25) is 15.9 Å². The van der Waals surface area contributed by atoms with Gasteiger partial charge in [0.15, 0.2) is 0 Å². The highest BCUT2D eigenvalue weighted by Crippen LogP contribution is 2.42. The van der Waals surface area contributed by atoms with Crippen molar-refractivity contribution in [2.75, 3.05) is 11.4 Å². The molecule has 0 radical (unpaired) electrons. The fourth-order valence-electron chi connectivity index (χ4n) is 3.10. The summed E-state index contributed by atoms with van der Waals surface area (Å²) in [5, 5.41) is 0.282. The Morgan fingerprint density at radius 2 is 2.11 bits per heavy atom. The number of thioether (sulfide) groups is 1. The van der Waals surface area contributed by atoms with Crippen molar-refractivity contribution < 1.29 is 13.2 Å². The molecule has 1 aromatic carbocycles. The molecular formula is C19H21N3O3S2. The number of amides is 1. The molecule has 0 spiro atoms. The standard InChI is InChI=1S/C19H21N3O3S2/c1-13-12-22(19(23)14-5-6-14)17-10-16(7-8-18(17)26-13)27(24,25)21-11-15-4-2-3-9-20-15/h2-4,7-10,13-14,21H,5-6,11-12H2,1H3/t13-/m0/s1. The van der Waals surface area contributed by atoms with E-state index < -0.39 is 10.0 Å². The molecule has 0 unspecified atom stereocenters. The van der Waals surface area contributed by atoms with Crippen molar-refractivity contribution in [1.29, 1.82) is 0 Å². The first-order valence-corrected chi connectivity index (χ1v) is 11.3. The number of hydrogen-bond donors (Lipinski definition) is 1. The first-order chi connectivity index (χ1) is 12.9. The fraction of sp³-hybridized carbons (Fsp3) is 0.368. The van der Waals surface area contributed by atoms with E-state index in [0.717, 1.165) is 17.7 Å². The van der Waals surface area contributed by atoms with Crippen LogP contribution in [0.15, 0.2) is 52.4 Å². The van der Waals surface area contributed by atoms with Crippen LogP contribution in [0, 0.1) is 5.92 Å². The highest BCUT2D eigenvalue weighted by molar-refractivity contribution is 8.00. The molecule has 1 fully saturated rings. The second-order valence-electron chi connectivity index (χ2n) is 6.93. The number of aromatic nitrogens is 1. The van der Waals surface area contributed by atoms with E-state index >= 15 is 0 Å². The number of pyridine rings is 1. The number of sulfonamides is 1. The van der Waals surface area contributed by atoms with Gasteiger partial charge in [-0.25, -0.2) is 13.1 Å². The van der Waals surface area contributed by atoms with Crippen LogP contribution in [-0.4, -0.2) is 31.1 Å². The van der Waals surface area contributed by atoms with Crippen LogP contribution in [0.2, 0.25) is 0 Å². The van der Waals surface area contributed by atoms with Crippen molar-refractivity contribution in [3.05, 3.63) is 48.3 Å². The van der Waals surface area contributed by atoms with Gasteiger partial charge in [-0.3, -0.25) is 9.78 Å². The van der Waals surface area contributed by atoms with E-state index in [-0.39, 0.29) is 28.5 Å². The number of rotatable bonds is 5. The average Bonchev–Trinajstić information content (AvgIpc) is 3.51. The highest BCUT2D eigenvalue weighted by Gasteiger charge is 2.37. The Morgan fingerprint density at radius 3 is 2.81 bits per heavy atom. The summed E-state index contributed by atoms with van der Waals surface area (Å²) in [6, 6.07) is 10.4. The minimum atomic E-state index is -3.70. The number of benzene rings is 1. The van der Waals surface area contributed by atoms with Gasteiger partial charge in [-0.15, -0.1) is 11.8 Å². The second-order valence-corrected chi connectivity index (χ2v) is 10.2. The number of nitrogens with zero attached hydrogens (tertiary/aromatic N) is 2. The molecule has 1 saturated carbocycles. The Hall–Kier alpha value is -1.90. The lowest BCUT2D eigenvalue weighted by molar-refractivity contribution is -0.119. The lowest BCUT2D eigenvalue weighted by Crippen LogP contribution is -2.39. The molecule has 1 aliphatic carbocycles. The number of carbonyl (C=O) groups excluding carboxylic acids is 1. The average molecular weight is 404 g/mol. The summed E-state index contributed by atoms with van der Waals surface area (Å²) in [6.45, 7) is 2.81.